The van der Waals surface area contributed by atoms with Crippen molar-refractivity contribution in [3.63, 3.8) is 0 Å². The summed E-state index contributed by atoms with van der Waals surface area (Å²) >= 11 is 0. The zero-order valence-corrected chi connectivity index (χ0v) is 11.1. The second-order valence-corrected chi connectivity index (χ2v) is 4.91. The second kappa shape index (κ2) is 5.46. The van der Waals surface area contributed by atoms with Crippen LogP contribution in [0, 0.1) is 5.92 Å². The first-order valence-electron chi connectivity index (χ1n) is 6.26. The summed E-state index contributed by atoms with van der Waals surface area (Å²) in [5.74, 6) is 0.372. The molecule has 0 saturated heterocycles. The zero-order chi connectivity index (χ0) is 13.1. The van der Waals surface area contributed by atoms with Gasteiger partial charge in [-0.1, -0.05) is 32.0 Å². The van der Waals surface area contributed by atoms with Gasteiger partial charge < -0.3 is 10.5 Å². The summed E-state index contributed by atoms with van der Waals surface area (Å²) in [5.41, 5.74) is 7.46. The average Bonchev–Trinajstić information content (AvgIpc) is 2.38. The standard InChI is InChI=1S/C15H20N2O/c1-10(2)15(18-3)14(16)12-6-4-5-11-7-8-17-9-13(11)12/h4-10,14-15H,16H2,1-3H3. The molecule has 2 rings (SSSR count). The van der Waals surface area contributed by atoms with Gasteiger partial charge in [0.25, 0.3) is 0 Å². The molecule has 96 valence electrons. The summed E-state index contributed by atoms with van der Waals surface area (Å²) in [5, 5.41) is 2.27. The number of ether oxygens (including phenoxy) is 1. The molecule has 0 aliphatic rings. The monoisotopic (exact) mass is 244 g/mol. The summed E-state index contributed by atoms with van der Waals surface area (Å²) in [7, 11) is 1.72. The predicted octanol–water partition coefficient (Wildman–Crippen LogP) is 2.91. The summed E-state index contributed by atoms with van der Waals surface area (Å²) in [6.07, 6.45) is 3.68. The SMILES string of the molecule is COC(C(C)C)C(N)c1cccc2ccncc12. The predicted molar refractivity (Wildman–Crippen MR) is 74.3 cm³/mol. The highest BCUT2D eigenvalue weighted by atomic mass is 16.5. The van der Waals surface area contributed by atoms with E-state index in [4.69, 9.17) is 10.5 Å². The molecular formula is C15H20N2O. The number of benzene rings is 1. The maximum Gasteiger partial charge on any atom is 0.0786 e. The molecule has 2 aromatic rings. The lowest BCUT2D eigenvalue weighted by Crippen LogP contribution is -2.32. The summed E-state index contributed by atoms with van der Waals surface area (Å²) < 4.78 is 5.53. The van der Waals surface area contributed by atoms with Gasteiger partial charge in [-0.25, -0.2) is 0 Å². The molecule has 1 aromatic heterocycles. The van der Waals surface area contributed by atoms with Crippen molar-refractivity contribution in [3.05, 3.63) is 42.2 Å². The maximum atomic E-state index is 6.36. The molecule has 0 spiro atoms. The Kier molecular flexibility index (Phi) is 3.94. The first-order valence-corrected chi connectivity index (χ1v) is 6.26. The highest BCUT2D eigenvalue weighted by Crippen LogP contribution is 2.27. The second-order valence-electron chi connectivity index (χ2n) is 4.91. The molecule has 2 unspecified atom stereocenters. The van der Waals surface area contributed by atoms with Crippen LogP contribution in [-0.4, -0.2) is 18.2 Å². The van der Waals surface area contributed by atoms with Crippen molar-refractivity contribution in [3.8, 4) is 0 Å². The molecule has 3 nitrogen and oxygen atoms in total. The molecule has 2 N–H and O–H groups in total. The van der Waals surface area contributed by atoms with Crippen LogP contribution in [0.5, 0.6) is 0 Å². The molecule has 18 heavy (non-hydrogen) atoms. The molecule has 0 aliphatic carbocycles. The lowest BCUT2D eigenvalue weighted by Gasteiger charge is -2.27. The average molecular weight is 244 g/mol. The highest BCUT2D eigenvalue weighted by molar-refractivity contribution is 5.85. The Morgan fingerprint density at radius 3 is 2.67 bits per heavy atom. The first kappa shape index (κ1) is 13.0. The lowest BCUT2D eigenvalue weighted by molar-refractivity contribution is 0.0441. The molecule has 1 heterocycles. The summed E-state index contributed by atoms with van der Waals surface area (Å²) in [6, 6.07) is 8.03. The number of nitrogens with zero attached hydrogens (tertiary/aromatic N) is 1. The van der Waals surface area contributed by atoms with Gasteiger partial charge in [-0.05, 0) is 22.9 Å². The summed E-state index contributed by atoms with van der Waals surface area (Å²) in [6.45, 7) is 4.24. The smallest absolute Gasteiger partial charge is 0.0786 e. The molecule has 0 radical (unpaired) electrons. The van der Waals surface area contributed by atoms with Gasteiger partial charge in [0.15, 0.2) is 0 Å². The number of methoxy groups -OCH3 is 1. The Balaban J connectivity index is 2.47. The molecule has 0 amide bonds. The third kappa shape index (κ3) is 2.37. The Hall–Kier alpha value is -1.45. The van der Waals surface area contributed by atoms with Crippen molar-refractivity contribution in [1.29, 1.82) is 0 Å². The molecule has 0 fully saturated rings. The van der Waals surface area contributed by atoms with Gasteiger partial charge in [0, 0.05) is 24.9 Å². The van der Waals surface area contributed by atoms with Gasteiger partial charge in [-0.3, -0.25) is 4.98 Å². The van der Waals surface area contributed by atoms with Crippen LogP contribution >= 0.6 is 0 Å². The minimum absolute atomic E-state index is 0.0100. The van der Waals surface area contributed by atoms with Crippen LogP contribution in [0.1, 0.15) is 25.5 Å². The van der Waals surface area contributed by atoms with Crippen LogP contribution in [0.25, 0.3) is 10.8 Å². The first-order chi connectivity index (χ1) is 8.65. The molecule has 3 heteroatoms. The van der Waals surface area contributed by atoms with Crippen molar-refractivity contribution < 1.29 is 4.74 Å². The van der Waals surface area contributed by atoms with E-state index in [0.717, 1.165) is 16.3 Å². The fourth-order valence-corrected chi connectivity index (χ4v) is 2.44. The van der Waals surface area contributed by atoms with Crippen molar-refractivity contribution in [2.24, 2.45) is 11.7 Å². The highest BCUT2D eigenvalue weighted by Gasteiger charge is 2.23. The molecular weight excluding hydrogens is 224 g/mol. The zero-order valence-electron chi connectivity index (χ0n) is 11.1. The van der Waals surface area contributed by atoms with Crippen molar-refractivity contribution in [1.82, 2.24) is 4.98 Å². The third-order valence-electron chi connectivity index (χ3n) is 3.36. The molecule has 0 bridgehead atoms. The van der Waals surface area contributed by atoms with Gasteiger partial charge >= 0.3 is 0 Å². The van der Waals surface area contributed by atoms with Gasteiger partial charge in [0.2, 0.25) is 0 Å². The van der Waals surface area contributed by atoms with Gasteiger partial charge in [-0.2, -0.15) is 0 Å². The maximum absolute atomic E-state index is 6.36. The van der Waals surface area contributed by atoms with E-state index in [9.17, 15) is 0 Å². The van der Waals surface area contributed by atoms with Gasteiger partial charge in [-0.15, -0.1) is 0 Å². The summed E-state index contributed by atoms with van der Waals surface area (Å²) in [4.78, 5) is 4.19. The molecule has 0 saturated carbocycles. The lowest BCUT2D eigenvalue weighted by atomic mass is 9.91. The van der Waals surface area contributed by atoms with Crippen LogP contribution in [-0.2, 0) is 4.74 Å². The largest absolute Gasteiger partial charge is 0.379 e. The van der Waals surface area contributed by atoms with E-state index in [1.165, 1.54) is 0 Å². The Morgan fingerprint density at radius 2 is 2.00 bits per heavy atom. The Morgan fingerprint density at radius 1 is 1.22 bits per heavy atom. The Bertz CT molecular complexity index is 519. The third-order valence-corrected chi connectivity index (χ3v) is 3.36. The van der Waals surface area contributed by atoms with Crippen LogP contribution in [0.2, 0.25) is 0 Å². The van der Waals surface area contributed by atoms with E-state index < -0.39 is 0 Å². The number of hydrogen-bond donors (Lipinski definition) is 1. The van der Waals surface area contributed by atoms with E-state index in [1.54, 1.807) is 13.3 Å². The quantitative estimate of drug-likeness (QED) is 0.899. The molecule has 2 atom stereocenters. The number of aromatic nitrogens is 1. The molecule has 0 aliphatic heterocycles. The van der Waals surface area contributed by atoms with E-state index in [0.29, 0.717) is 5.92 Å². The fourth-order valence-electron chi connectivity index (χ4n) is 2.44. The van der Waals surface area contributed by atoms with Crippen molar-refractivity contribution in [2.75, 3.05) is 7.11 Å². The van der Waals surface area contributed by atoms with Crippen LogP contribution < -0.4 is 5.73 Å². The van der Waals surface area contributed by atoms with Crippen LogP contribution in [0.15, 0.2) is 36.7 Å². The number of nitrogens with two attached hydrogens (primary N) is 1. The van der Waals surface area contributed by atoms with Crippen LogP contribution in [0.3, 0.4) is 0 Å². The number of hydrogen-bond acceptors (Lipinski definition) is 3. The van der Waals surface area contributed by atoms with E-state index in [2.05, 4.69) is 31.0 Å². The van der Waals surface area contributed by atoms with Crippen molar-refractivity contribution >= 4 is 10.8 Å². The number of rotatable bonds is 4. The Labute approximate surface area is 108 Å². The van der Waals surface area contributed by atoms with Crippen molar-refractivity contribution in [2.45, 2.75) is 26.0 Å². The number of pyridine rings is 1. The normalized spacial score (nSPS) is 14.9. The number of fused-ring (bicyclic) bond motifs is 1. The minimum Gasteiger partial charge on any atom is -0.379 e. The van der Waals surface area contributed by atoms with E-state index in [1.807, 2.05) is 18.3 Å². The van der Waals surface area contributed by atoms with E-state index >= 15 is 0 Å². The van der Waals surface area contributed by atoms with Gasteiger partial charge in [0.1, 0.15) is 0 Å². The minimum atomic E-state index is -0.136. The molecule has 1 aromatic carbocycles. The topological polar surface area (TPSA) is 48.1 Å². The fraction of sp³-hybridized carbons (Fsp3) is 0.400. The van der Waals surface area contributed by atoms with Crippen LogP contribution in [0.4, 0.5) is 0 Å². The van der Waals surface area contributed by atoms with Gasteiger partial charge in [0.05, 0.1) is 12.1 Å². The van der Waals surface area contributed by atoms with E-state index in [-0.39, 0.29) is 12.1 Å².